The monoisotopic (exact) mass is 301 g/mol. The van der Waals surface area contributed by atoms with Crippen molar-refractivity contribution in [3.8, 4) is 0 Å². The fourth-order valence-corrected chi connectivity index (χ4v) is 4.04. The molecule has 1 aromatic heterocycles. The highest BCUT2D eigenvalue weighted by Gasteiger charge is 2.22. The Morgan fingerprint density at radius 3 is 2.62 bits per heavy atom. The topological polar surface area (TPSA) is 12.0 Å². The molecule has 2 aromatic rings. The van der Waals surface area contributed by atoms with Crippen LogP contribution in [0.5, 0.6) is 0 Å². The summed E-state index contributed by atoms with van der Waals surface area (Å²) in [7, 11) is 0. The molecule has 3 rings (SSSR count). The number of benzene rings is 1. The summed E-state index contributed by atoms with van der Waals surface area (Å²) in [5.41, 5.74) is 3.27. The van der Waals surface area contributed by atoms with Crippen molar-refractivity contribution in [2.75, 3.05) is 0 Å². The van der Waals surface area contributed by atoms with Gasteiger partial charge < -0.3 is 5.32 Å². The van der Waals surface area contributed by atoms with Gasteiger partial charge in [-0.25, -0.2) is 0 Å². The molecule has 0 atom stereocenters. The molecule has 114 valence electrons. The van der Waals surface area contributed by atoms with E-state index in [2.05, 4.69) is 51.2 Å². The van der Waals surface area contributed by atoms with Crippen molar-refractivity contribution >= 4 is 21.4 Å². The number of rotatable bonds is 5. The fraction of sp³-hybridized carbons (Fsp3) is 0.579. The first-order valence-electron chi connectivity index (χ1n) is 8.27. The van der Waals surface area contributed by atoms with Gasteiger partial charge >= 0.3 is 0 Å². The molecule has 0 bridgehead atoms. The van der Waals surface area contributed by atoms with Gasteiger partial charge in [0.25, 0.3) is 0 Å². The Bertz CT molecular complexity index is 629. The van der Waals surface area contributed by atoms with Gasteiger partial charge in [0.05, 0.1) is 0 Å². The van der Waals surface area contributed by atoms with Gasteiger partial charge in [-0.05, 0) is 53.3 Å². The first-order valence-corrected chi connectivity index (χ1v) is 9.09. The van der Waals surface area contributed by atoms with Crippen molar-refractivity contribution in [3.63, 3.8) is 0 Å². The van der Waals surface area contributed by atoms with E-state index < -0.39 is 0 Å². The number of thiophene rings is 1. The summed E-state index contributed by atoms with van der Waals surface area (Å²) in [5.74, 6) is 0. The summed E-state index contributed by atoms with van der Waals surface area (Å²) in [5, 5.41) is 5.19. The predicted octanol–water partition coefficient (Wildman–Crippen LogP) is 5.40. The van der Waals surface area contributed by atoms with Crippen LogP contribution in [0.15, 0.2) is 18.2 Å². The summed E-state index contributed by atoms with van der Waals surface area (Å²) < 4.78 is 1.46. The molecule has 0 radical (unpaired) electrons. The zero-order valence-corrected chi connectivity index (χ0v) is 14.6. The quantitative estimate of drug-likeness (QED) is 0.779. The third-order valence-corrected chi connectivity index (χ3v) is 5.58. The summed E-state index contributed by atoms with van der Waals surface area (Å²) in [6.45, 7) is 10.3. The zero-order valence-electron chi connectivity index (χ0n) is 13.8. The molecule has 1 aliphatic carbocycles. The minimum absolute atomic E-state index is 0.228. The van der Waals surface area contributed by atoms with Gasteiger partial charge in [-0.15, -0.1) is 11.3 Å². The van der Waals surface area contributed by atoms with Crippen molar-refractivity contribution < 1.29 is 0 Å². The second-order valence-corrected chi connectivity index (χ2v) is 8.51. The molecule has 0 saturated heterocycles. The lowest BCUT2D eigenvalue weighted by Gasteiger charge is -2.19. The lowest BCUT2D eigenvalue weighted by Crippen LogP contribution is -2.15. The summed E-state index contributed by atoms with van der Waals surface area (Å²) in [4.78, 5) is 1.56. The molecule has 21 heavy (non-hydrogen) atoms. The van der Waals surface area contributed by atoms with E-state index >= 15 is 0 Å². The molecule has 1 aliphatic rings. The third kappa shape index (κ3) is 3.32. The fourth-order valence-electron chi connectivity index (χ4n) is 2.86. The van der Waals surface area contributed by atoms with Crippen LogP contribution in [0.2, 0.25) is 0 Å². The third-order valence-electron chi connectivity index (χ3n) is 4.37. The van der Waals surface area contributed by atoms with Gasteiger partial charge in [0, 0.05) is 22.2 Å². The molecule has 1 aromatic carbocycles. The van der Waals surface area contributed by atoms with E-state index in [1.165, 1.54) is 41.3 Å². The molecule has 0 aliphatic heterocycles. The average molecular weight is 301 g/mol. The zero-order chi connectivity index (χ0) is 15.0. The van der Waals surface area contributed by atoms with Crippen molar-refractivity contribution in [1.29, 1.82) is 0 Å². The van der Waals surface area contributed by atoms with Crippen LogP contribution >= 0.6 is 11.3 Å². The van der Waals surface area contributed by atoms with Gasteiger partial charge in [-0.2, -0.15) is 0 Å². The second-order valence-electron chi connectivity index (χ2n) is 7.37. The standard InChI is InChI=1S/C19H27NS/c1-5-6-15-16-11-13(19(2,3)4)7-10-17(16)21-18(15)12-20-14-8-9-14/h7,10-11,14,20H,5-6,8-9,12H2,1-4H3. The van der Waals surface area contributed by atoms with E-state index in [9.17, 15) is 0 Å². The lowest BCUT2D eigenvalue weighted by atomic mass is 9.86. The van der Waals surface area contributed by atoms with Crippen LogP contribution in [0.1, 0.15) is 63.0 Å². The van der Waals surface area contributed by atoms with Gasteiger partial charge in [0.2, 0.25) is 0 Å². The number of fused-ring (bicyclic) bond motifs is 1. The van der Waals surface area contributed by atoms with E-state index in [-0.39, 0.29) is 5.41 Å². The van der Waals surface area contributed by atoms with E-state index in [1.807, 2.05) is 11.3 Å². The van der Waals surface area contributed by atoms with Crippen molar-refractivity contribution in [1.82, 2.24) is 5.32 Å². The normalized spacial score (nSPS) is 15.8. The Morgan fingerprint density at radius 1 is 1.24 bits per heavy atom. The summed E-state index contributed by atoms with van der Waals surface area (Å²) in [6.07, 6.45) is 5.15. The number of nitrogens with one attached hydrogen (secondary N) is 1. The Balaban J connectivity index is 1.99. The maximum absolute atomic E-state index is 3.69. The number of hydrogen-bond donors (Lipinski definition) is 1. The Morgan fingerprint density at radius 2 is 2.00 bits per heavy atom. The van der Waals surface area contributed by atoms with Crippen molar-refractivity contribution in [2.24, 2.45) is 0 Å². The first kappa shape index (κ1) is 15.1. The number of aryl methyl sites for hydroxylation is 1. The molecule has 1 fully saturated rings. The van der Waals surface area contributed by atoms with Crippen LogP contribution in [-0.2, 0) is 18.4 Å². The van der Waals surface area contributed by atoms with Crippen LogP contribution < -0.4 is 5.32 Å². The molecule has 1 N–H and O–H groups in total. The second kappa shape index (κ2) is 5.73. The van der Waals surface area contributed by atoms with E-state index in [0.717, 1.165) is 12.6 Å². The molecular formula is C19H27NS. The highest BCUT2D eigenvalue weighted by molar-refractivity contribution is 7.19. The summed E-state index contributed by atoms with van der Waals surface area (Å²) in [6, 6.07) is 7.87. The van der Waals surface area contributed by atoms with E-state index in [1.54, 1.807) is 10.4 Å². The largest absolute Gasteiger partial charge is 0.309 e. The lowest BCUT2D eigenvalue weighted by molar-refractivity contribution is 0.591. The number of hydrogen-bond acceptors (Lipinski definition) is 2. The minimum Gasteiger partial charge on any atom is -0.309 e. The van der Waals surface area contributed by atoms with E-state index in [4.69, 9.17) is 0 Å². The molecule has 1 nitrogen and oxygen atoms in total. The summed E-state index contributed by atoms with van der Waals surface area (Å²) >= 11 is 1.99. The first-order chi connectivity index (χ1) is 9.99. The van der Waals surface area contributed by atoms with Gasteiger partial charge in [0.15, 0.2) is 0 Å². The molecule has 0 unspecified atom stereocenters. The molecular weight excluding hydrogens is 274 g/mol. The Kier molecular flexibility index (Phi) is 4.11. The van der Waals surface area contributed by atoms with Crippen molar-refractivity contribution in [3.05, 3.63) is 34.2 Å². The molecule has 0 amide bonds. The van der Waals surface area contributed by atoms with Crippen LogP contribution in [0.3, 0.4) is 0 Å². The Labute approximate surface area is 132 Å². The van der Waals surface area contributed by atoms with Gasteiger partial charge in [0.1, 0.15) is 0 Å². The van der Waals surface area contributed by atoms with E-state index in [0.29, 0.717) is 0 Å². The van der Waals surface area contributed by atoms with Crippen LogP contribution in [0.4, 0.5) is 0 Å². The molecule has 2 heteroatoms. The van der Waals surface area contributed by atoms with Gasteiger partial charge in [-0.1, -0.05) is 40.2 Å². The van der Waals surface area contributed by atoms with Crippen LogP contribution in [0, 0.1) is 0 Å². The highest BCUT2D eigenvalue weighted by atomic mass is 32.1. The Hall–Kier alpha value is -0.860. The predicted molar refractivity (Wildman–Crippen MR) is 94.4 cm³/mol. The van der Waals surface area contributed by atoms with Crippen LogP contribution in [0.25, 0.3) is 10.1 Å². The maximum Gasteiger partial charge on any atom is 0.0349 e. The molecule has 1 saturated carbocycles. The van der Waals surface area contributed by atoms with Crippen LogP contribution in [-0.4, -0.2) is 6.04 Å². The van der Waals surface area contributed by atoms with Gasteiger partial charge in [-0.3, -0.25) is 0 Å². The SMILES string of the molecule is CCCc1c(CNC2CC2)sc2ccc(C(C)(C)C)cc12. The molecule has 1 heterocycles. The smallest absolute Gasteiger partial charge is 0.0349 e. The van der Waals surface area contributed by atoms with Crippen molar-refractivity contribution in [2.45, 2.75) is 71.4 Å². The average Bonchev–Trinajstić information content (AvgIpc) is 3.19. The highest BCUT2D eigenvalue weighted by Crippen LogP contribution is 2.36. The minimum atomic E-state index is 0.228. The maximum atomic E-state index is 3.69. The molecule has 0 spiro atoms.